The van der Waals surface area contributed by atoms with Gasteiger partial charge in [0.15, 0.2) is 5.78 Å². The molecule has 0 aliphatic rings. The zero-order valence-electron chi connectivity index (χ0n) is 14.7. The topological polar surface area (TPSA) is 26.3 Å². The number of carbonyl (C=O) groups is 1. The molecule has 0 amide bonds. The molecule has 2 nitrogen and oxygen atoms in total. The van der Waals surface area contributed by atoms with Gasteiger partial charge in [0.05, 0.1) is 5.60 Å². The molecule has 0 radical (unpaired) electrons. The molecule has 2 heteroatoms. The summed E-state index contributed by atoms with van der Waals surface area (Å²) in [5.41, 5.74) is 0.562. The third kappa shape index (κ3) is 10.7. The standard InChI is InChI=1S/C11H14O.C5H12O.C2H6/c1-11(2,3)10(12)9-7-5-4-6-8-9;1-5(2,3)6-4;1-2/h4-8H,1-3H3;1-4H3;1-2H3. The van der Waals surface area contributed by atoms with Crippen LogP contribution >= 0.6 is 0 Å². The van der Waals surface area contributed by atoms with Crippen LogP contribution in [0, 0.1) is 5.41 Å². The van der Waals surface area contributed by atoms with Gasteiger partial charge in [0.1, 0.15) is 0 Å². The zero-order chi connectivity index (χ0) is 16.4. The minimum Gasteiger partial charge on any atom is -0.379 e. The van der Waals surface area contributed by atoms with Gasteiger partial charge in [-0.15, -0.1) is 0 Å². The van der Waals surface area contributed by atoms with Crippen molar-refractivity contribution in [2.45, 2.75) is 61.0 Å². The Morgan fingerprint density at radius 1 is 0.900 bits per heavy atom. The summed E-state index contributed by atoms with van der Waals surface area (Å²) in [6.45, 7) is 15.9. The second kappa shape index (κ2) is 9.71. The molecule has 0 fully saturated rings. The summed E-state index contributed by atoms with van der Waals surface area (Å²) in [4.78, 5) is 11.7. The van der Waals surface area contributed by atoms with E-state index in [4.69, 9.17) is 4.74 Å². The minimum absolute atomic E-state index is 0.0417. The SMILES string of the molecule is CC.CC(C)(C)C(=O)c1ccccc1.COC(C)(C)C. The molecule has 0 aliphatic heterocycles. The van der Waals surface area contributed by atoms with Crippen molar-refractivity contribution in [3.8, 4) is 0 Å². The normalized spacial score (nSPS) is 10.7. The van der Waals surface area contributed by atoms with Gasteiger partial charge in [-0.2, -0.15) is 0 Å². The molecule has 0 N–H and O–H groups in total. The summed E-state index contributed by atoms with van der Waals surface area (Å²) >= 11 is 0. The molecule has 0 unspecified atom stereocenters. The fraction of sp³-hybridized carbons (Fsp3) is 0.611. The first-order chi connectivity index (χ1) is 9.08. The van der Waals surface area contributed by atoms with E-state index in [0.717, 1.165) is 5.56 Å². The second-order valence-corrected chi connectivity index (χ2v) is 6.26. The van der Waals surface area contributed by atoms with Gasteiger partial charge >= 0.3 is 0 Å². The number of benzene rings is 1. The number of hydrogen-bond acceptors (Lipinski definition) is 2. The molecule has 1 rings (SSSR count). The van der Waals surface area contributed by atoms with Gasteiger partial charge in [-0.25, -0.2) is 0 Å². The van der Waals surface area contributed by atoms with Crippen LogP contribution in [0.5, 0.6) is 0 Å². The third-order valence-electron chi connectivity index (χ3n) is 2.33. The number of hydrogen-bond donors (Lipinski definition) is 0. The molecule has 0 saturated heterocycles. The molecule has 0 aliphatic carbocycles. The van der Waals surface area contributed by atoms with E-state index in [9.17, 15) is 4.79 Å². The number of ether oxygens (including phenoxy) is 1. The molecule has 0 atom stereocenters. The Hall–Kier alpha value is -1.15. The number of Topliss-reactive ketones (excluding diaryl/α,β-unsaturated/α-hetero) is 1. The van der Waals surface area contributed by atoms with E-state index in [2.05, 4.69) is 0 Å². The van der Waals surface area contributed by atoms with E-state index >= 15 is 0 Å². The summed E-state index contributed by atoms with van der Waals surface area (Å²) in [7, 11) is 1.71. The molecule has 116 valence electrons. The minimum atomic E-state index is -0.276. The molecule has 0 spiro atoms. The van der Waals surface area contributed by atoms with Crippen molar-refractivity contribution in [1.82, 2.24) is 0 Å². The second-order valence-electron chi connectivity index (χ2n) is 6.26. The zero-order valence-corrected chi connectivity index (χ0v) is 14.7. The number of carbonyl (C=O) groups excluding carboxylic acids is 1. The Bertz CT molecular complexity index is 353. The van der Waals surface area contributed by atoms with E-state index in [-0.39, 0.29) is 16.8 Å². The lowest BCUT2D eigenvalue weighted by Gasteiger charge is -2.16. The molecular weight excluding hydrogens is 248 g/mol. The fourth-order valence-corrected chi connectivity index (χ4v) is 1.02. The first-order valence-electron chi connectivity index (χ1n) is 7.23. The highest BCUT2D eigenvalue weighted by Crippen LogP contribution is 2.19. The van der Waals surface area contributed by atoms with E-state index in [1.54, 1.807) is 7.11 Å². The number of rotatable bonds is 1. The van der Waals surface area contributed by atoms with Crippen LogP contribution in [0.25, 0.3) is 0 Å². The van der Waals surface area contributed by atoms with Gasteiger partial charge in [-0.05, 0) is 20.8 Å². The molecule has 0 heterocycles. The van der Waals surface area contributed by atoms with Crippen molar-refractivity contribution in [3.05, 3.63) is 35.9 Å². The average Bonchev–Trinajstić information content (AvgIpc) is 2.40. The number of methoxy groups -OCH3 is 1. The van der Waals surface area contributed by atoms with Gasteiger partial charge in [0.25, 0.3) is 0 Å². The van der Waals surface area contributed by atoms with Gasteiger partial charge in [-0.1, -0.05) is 65.0 Å². The van der Waals surface area contributed by atoms with Crippen LogP contribution in [0.2, 0.25) is 0 Å². The van der Waals surface area contributed by atoms with Crippen LogP contribution in [0.4, 0.5) is 0 Å². The van der Waals surface area contributed by atoms with Gasteiger partial charge in [0, 0.05) is 18.1 Å². The lowest BCUT2D eigenvalue weighted by atomic mass is 9.87. The van der Waals surface area contributed by atoms with E-state index in [1.807, 2.05) is 85.7 Å². The van der Waals surface area contributed by atoms with Crippen molar-refractivity contribution >= 4 is 5.78 Å². The summed E-state index contributed by atoms with van der Waals surface area (Å²) in [6, 6.07) is 9.40. The van der Waals surface area contributed by atoms with Crippen molar-refractivity contribution in [1.29, 1.82) is 0 Å². The monoisotopic (exact) mass is 280 g/mol. The molecule has 0 aromatic heterocycles. The predicted molar refractivity (Wildman–Crippen MR) is 88.3 cm³/mol. The van der Waals surface area contributed by atoms with Crippen LogP contribution in [0.15, 0.2) is 30.3 Å². The Morgan fingerprint density at radius 2 is 1.25 bits per heavy atom. The molecule has 1 aromatic rings. The maximum absolute atomic E-state index is 11.7. The largest absolute Gasteiger partial charge is 0.379 e. The highest BCUT2D eigenvalue weighted by atomic mass is 16.5. The van der Waals surface area contributed by atoms with Crippen molar-refractivity contribution < 1.29 is 9.53 Å². The first kappa shape index (κ1) is 21.2. The maximum Gasteiger partial charge on any atom is 0.168 e. The summed E-state index contributed by atoms with van der Waals surface area (Å²) in [5, 5.41) is 0. The maximum atomic E-state index is 11.7. The fourth-order valence-electron chi connectivity index (χ4n) is 1.02. The van der Waals surface area contributed by atoms with Crippen LogP contribution in [-0.2, 0) is 4.74 Å². The van der Waals surface area contributed by atoms with E-state index < -0.39 is 0 Å². The van der Waals surface area contributed by atoms with Gasteiger partial charge in [0.2, 0.25) is 0 Å². The lowest BCUT2D eigenvalue weighted by Crippen LogP contribution is -2.19. The molecular formula is C18H32O2. The predicted octanol–water partition coefficient (Wildman–Crippen LogP) is 5.37. The summed E-state index contributed by atoms with van der Waals surface area (Å²) in [6.07, 6.45) is 0. The Morgan fingerprint density at radius 3 is 1.50 bits per heavy atom. The van der Waals surface area contributed by atoms with Crippen LogP contribution in [-0.4, -0.2) is 18.5 Å². The van der Waals surface area contributed by atoms with Crippen LogP contribution < -0.4 is 0 Å². The summed E-state index contributed by atoms with van der Waals surface area (Å²) in [5.74, 6) is 0.197. The van der Waals surface area contributed by atoms with E-state index in [1.165, 1.54) is 0 Å². The Kier molecular flexibility index (Phi) is 10.3. The van der Waals surface area contributed by atoms with E-state index in [0.29, 0.717) is 0 Å². The Balaban J connectivity index is 0. The highest BCUT2D eigenvalue weighted by Gasteiger charge is 2.21. The lowest BCUT2D eigenvalue weighted by molar-refractivity contribution is 0.0397. The first-order valence-corrected chi connectivity index (χ1v) is 7.23. The van der Waals surface area contributed by atoms with Crippen molar-refractivity contribution in [3.63, 3.8) is 0 Å². The van der Waals surface area contributed by atoms with Crippen molar-refractivity contribution in [2.75, 3.05) is 7.11 Å². The quantitative estimate of drug-likeness (QED) is 0.646. The third-order valence-corrected chi connectivity index (χ3v) is 2.33. The smallest absolute Gasteiger partial charge is 0.168 e. The molecule has 0 bridgehead atoms. The molecule has 1 aromatic carbocycles. The number of ketones is 1. The molecule has 0 saturated carbocycles. The van der Waals surface area contributed by atoms with Gasteiger partial charge in [-0.3, -0.25) is 4.79 Å². The summed E-state index contributed by atoms with van der Waals surface area (Å²) < 4.78 is 4.94. The molecule has 20 heavy (non-hydrogen) atoms. The Labute approximate surface area is 125 Å². The van der Waals surface area contributed by atoms with Crippen molar-refractivity contribution in [2.24, 2.45) is 5.41 Å². The highest BCUT2D eigenvalue weighted by molar-refractivity contribution is 5.99. The van der Waals surface area contributed by atoms with Crippen LogP contribution in [0.3, 0.4) is 0 Å². The van der Waals surface area contributed by atoms with Gasteiger partial charge < -0.3 is 4.74 Å². The van der Waals surface area contributed by atoms with Crippen LogP contribution in [0.1, 0.15) is 65.7 Å². The average molecular weight is 280 g/mol.